The third-order valence-electron chi connectivity index (χ3n) is 5.75. The second kappa shape index (κ2) is 10.8. The summed E-state index contributed by atoms with van der Waals surface area (Å²) >= 11 is 1.26. The van der Waals surface area contributed by atoms with Crippen LogP contribution in [0.3, 0.4) is 0 Å². The number of hydrogen-bond donors (Lipinski definition) is 0. The first-order valence-electron chi connectivity index (χ1n) is 11.6. The molecule has 0 spiro atoms. The van der Waals surface area contributed by atoms with Gasteiger partial charge in [0.25, 0.3) is 5.56 Å². The van der Waals surface area contributed by atoms with Crippen LogP contribution in [0, 0.1) is 0 Å². The Morgan fingerprint density at radius 1 is 1.06 bits per heavy atom. The lowest BCUT2D eigenvalue weighted by molar-refractivity contribution is -0.139. The predicted molar refractivity (Wildman–Crippen MR) is 138 cm³/mol. The van der Waals surface area contributed by atoms with Crippen LogP contribution in [0.2, 0.25) is 0 Å². The molecule has 0 unspecified atom stereocenters. The van der Waals surface area contributed by atoms with E-state index in [-0.39, 0.29) is 12.2 Å². The molecule has 4 rings (SSSR count). The number of benzene rings is 2. The quantitative estimate of drug-likeness (QED) is 0.434. The van der Waals surface area contributed by atoms with Crippen molar-refractivity contribution in [2.75, 3.05) is 27.4 Å². The maximum atomic E-state index is 13.7. The molecule has 0 bridgehead atoms. The van der Waals surface area contributed by atoms with Crippen molar-refractivity contribution >= 4 is 23.4 Å². The van der Waals surface area contributed by atoms with Crippen molar-refractivity contribution in [2.45, 2.75) is 26.8 Å². The van der Waals surface area contributed by atoms with Gasteiger partial charge in [0, 0.05) is 11.6 Å². The van der Waals surface area contributed by atoms with Gasteiger partial charge in [-0.1, -0.05) is 23.5 Å². The third kappa shape index (κ3) is 4.79. The third-order valence-corrected chi connectivity index (χ3v) is 6.73. The average molecular weight is 509 g/mol. The minimum Gasteiger partial charge on any atom is -0.497 e. The van der Waals surface area contributed by atoms with Crippen LogP contribution in [0.25, 0.3) is 6.08 Å². The largest absolute Gasteiger partial charge is 0.497 e. The van der Waals surface area contributed by atoms with Gasteiger partial charge in [0.05, 0.1) is 49.3 Å². The molecule has 0 saturated heterocycles. The lowest BCUT2D eigenvalue weighted by atomic mass is 9.96. The fourth-order valence-corrected chi connectivity index (χ4v) is 5.14. The summed E-state index contributed by atoms with van der Waals surface area (Å²) in [6.07, 6.45) is 1.76. The number of aromatic nitrogens is 1. The maximum absolute atomic E-state index is 13.7. The van der Waals surface area contributed by atoms with E-state index in [9.17, 15) is 9.59 Å². The smallest absolute Gasteiger partial charge is 0.338 e. The fraction of sp³-hybridized carbons (Fsp3) is 0.296. The molecule has 1 aliphatic heterocycles. The number of esters is 1. The number of carbonyl (C=O) groups excluding carboxylic acids is 1. The minimum atomic E-state index is -0.684. The SMILES string of the molecule is CCOC(=O)C1=C(C)N=c2s/c(=C\c3ccc(OC)cc3OC)c(=O)n2[C@H]1c1ccc(OCC)cc1. The number of carbonyl (C=O) groups is 1. The molecular formula is C27H28N2O6S. The zero-order valence-corrected chi connectivity index (χ0v) is 21.7. The number of thiazole rings is 1. The molecule has 2 aromatic carbocycles. The van der Waals surface area contributed by atoms with Crippen LogP contribution in [-0.2, 0) is 9.53 Å². The molecule has 36 heavy (non-hydrogen) atoms. The molecule has 1 aliphatic rings. The molecule has 8 nitrogen and oxygen atoms in total. The molecule has 0 saturated carbocycles. The minimum absolute atomic E-state index is 0.216. The van der Waals surface area contributed by atoms with Crippen LogP contribution in [0.1, 0.15) is 37.9 Å². The van der Waals surface area contributed by atoms with Crippen LogP contribution < -0.4 is 29.1 Å². The van der Waals surface area contributed by atoms with Gasteiger partial charge >= 0.3 is 5.97 Å². The number of hydrogen-bond acceptors (Lipinski definition) is 8. The highest BCUT2D eigenvalue weighted by atomic mass is 32.1. The standard InChI is InChI=1S/C27H28N2O6S/c1-6-34-19-11-8-17(9-12-19)24-23(26(31)35-7-2)16(3)28-27-29(24)25(30)22(36-27)14-18-10-13-20(32-4)15-21(18)33-5/h8-15,24H,6-7H2,1-5H3/b22-14-/t24-/m0/s1. The normalized spacial score (nSPS) is 15.2. The van der Waals surface area contributed by atoms with E-state index in [1.165, 1.54) is 11.3 Å². The average Bonchev–Trinajstić information content (AvgIpc) is 3.18. The molecule has 1 atom stereocenters. The molecule has 1 aromatic heterocycles. The fourth-order valence-electron chi connectivity index (χ4n) is 4.10. The van der Waals surface area contributed by atoms with Crippen LogP contribution >= 0.6 is 11.3 Å². The van der Waals surface area contributed by atoms with E-state index in [1.807, 2.05) is 37.3 Å². The summed E-state index contributed by atoms with van der Waals surface area (Å²) in [5, 5.41) is 0. The Kier molecular flexibility index (Phi) is 7.59. The van der Waals surface area contributed by atoms with Gasteiger partial charge in [-0.25, -0.2) is 9.79 Å². The van der Waals surface area contributed by atoms with Crippen molar-refractivity contribution in [1.82, 2.24) is 4.57 Å². The van der Waals surface area contributed by atoms with Crippen molar-refractivity contribution in [2.24, 2.45) is 4.99 Å². The first kappa shape index (κ1) is 25.2. The van der Waals surface area contributed by atoms with E-state index < -0.39 is 12.0 Å². The highest BCUT2D eigenvalue weighted by molar-refractivity contribution is 7.07. The topological polar surface area (TPSA) is 88.4 Å². The summed E-state index contributed by atoms with van der Waals surface area (Å²) in [4.78, 5) is 31.9. The van der Waals surface area contributed by atoms with E-state index in [0.717, 1.165) is 11.1 Å². The van der Waals surface area contributed by atoms with Crippen molar-refractivity contribution in [3.05, 3.63) is 84.5 Å². The number of rotatable bonds is 8. The summed E-state index contributed by atoms with van der Waals surface area (Å²) in [6, 6.07) is 12.1. The Bertz CT molecular complexity index is 1480. The monoisotopic (exact) mass is 508 g/mol. The van der Waals surface area contributed by atoms with Crippen molar-refractivity contribution in [3.8, 4) is 17.2 Å². The highest BCUT2D eigenvalue weighted by Crippen LogP contribution is 2.32. The van der Waals surface area contributed by atoms with E-state index in [2.05, 4.69) is 4.99 Å². The van der Waals surface area contributed by atoms with Gasteiger partial charge in [-0.2, -0.15) is 0 Å². The Morgan fingerprint density at radius 3 is 2.42 bits per heavy atom. The van der Waals surface area contributed by atoms with E-state index >= 15 is 0 Å². The van der Waals surface area contributed by atoms with Crippen molar-refractivity contribution in [3.63, 3.8) is 0 Å². The van der Waals surface area contributed by atoms with Crippen molar-refractivity contribution in [1.29, 1.82) is 0 Å². The molecule has 0 fully saturated rings. The zero-order chi connectivity index (χ0) is 25.8. The number of fused-ring (bicyclic) bond motifs is 1. The molecule has 2 heterocycles. The molecular weight excluding hydrogens is 480 g/mol. The van der Waals surface area contributed by atoms with Crippen LogP contribution in [0.15, 0.2) is 63.5 Å². The van der Waals surface area contributed by atoms with Gasteiger partial charge in [0.2, 0.25) is 0 Å². The molecule has 0 N–H and O–H groups in total. The summed E-state index contributed by atoms with van der Waals surface area (Å²) < 4.78 is 23.7. The summed E-state index contributed by atoms with van der Waals surface area (Å²) in [6.45, 7) is 6.17. The Hall–Kier alpha value is -3.85. The van der Waals surface area contributed by atoms with E-state index in [1.54, 1.807) is 50.8 Å². The maximum Gasteiger partial charge on any atom is 0.338 e. The number of allylic oxidation sites excluding steroid dienone is 1. The van der Waals surface area contributed by atoms with Gasteiger partial charge < -0.3 is 18.9 Å². The predicted octanol–water partition coefficient (Wildman–Crippen LogP) is 3.21. The first-order chi connectivity index (χ1) is 17.4. The zero-order valence-electron chi connectivity index (χ0n) is 20.9. The summed E-state index contributed by atoms with van der Waals surface area (Å²) in [5.41, 5.74) is 2.07. The molecule has 3 aromatic rings. The lowest BCUT2D eigenvalue weighted by Gasteiger charge is -2.24. The van der Waals surface area contributed by atoms with Gasteiger partial charge in [0.15, 0.2) is 4.80 Å². The number of methoxy groups -OCH3 is 2. The highest BCUT2D eigenvalue weighted by Gasteiger charge is 2.33. The second-order valence-electron chi connectivity index (χ2n) is 7.91. The lowest BCUT2D eigenvalue weighted by Crippen LogP contribution is -2.39. The van der Waals surface area contributed by atoms with Crippen LogP contribution in [0.4, 0.5) is 0 Å². The molecule has 188 valence electrons. The first-order valence-corrected chi connectivity index (χ1v) is 12.4. The van der Waals surface area contributed by atoms with Gasteiger partial charge in [-0.15, -0.1) is 0 Å². The summed E-state index contributed by atoms with van der Waals surface area (Å²) in [5.74, 6) is 1.43. The second-order valence-corrected chi connectivity index (χ2v) is 8.92. The Labute approximate surface area is 212 Å². The molecule has 0 radical (unpaired) electrons. The van der Waals surface area contributed by atoms with Gasteiger partial charge in [0.1, 0.15) is 17.2 Å². The van der Waals surface area contributed by atoms with Crippen LogP contribution in [0.5, 0.6) is 17.2 Å². The van der Waals surface area contributed by atoms with Gasteiger partial charge in [-0.05, 0) is 56.7 Å². The Balaban J connectivity index is 1.91. The molecule has 9 heteroatoms. The van der Waals surface area contributed by atoms with Crippen molar-refractivity contribution < 1.29 is 23.7 Å². The van der Waals surface area contributed by atoms with Gasteiger partial charge in [-0.3, -0.25) is 9.36 Å². The molecule has 0 aliphatic carbocycles. The van der Waals surface area contributed by atoms with E-state index in [4.69, 9.17) is 18.9 Å². The van der Waals surface area contributed by atoms with E-state index in [0.29, 0.717) is 44.5 Å². The summed E-state index contributed by atoms with van der Waals surface area (Å²) in [7, 11) is 3.14. The Morgan fingerprint density at radius 2 is 1.78 bits per heavy atom. The number of nitrogens with zero attached hydrogens (tertiary/aromatic N) is 2. The van der Waals surface area contributed by atoms with Crippen LogP contribution in [-0.4, -0.2) is 38.0 Å². The molecule has 0 amide bonds. The number of ether oxygens (including phenoxy) is 4.